The summed E-state index contributed by atoms with van der Waals surface area (Å²) in [5.41, 5.74) is 1.64. The monoisotopic (exact) mass is 408 g/mol. The summed E-state index contributed by atoms with van der Waals surface area (Å²) in [6, 6.07) is 1.64. The molecule has 1 aromatic heterocycles. The van der Waals surface area contributed by atoms with Crippen LogP contribution in [0.25, 0.3) is 0 Å². The number of nitrogens with one attached hydrogen (secondary N) is 1. The van der Waals surface area contributed by atoms with Crippen molar-refractivity contribution >= 4 is 0 Å². The van der Waals surface area contributed by atoms with Crippen LogP contribution in [0.2, 0.25) is 0 Å². The minimum Gasteiger partial charge on any atom is -0.380 e. The summed E-state index contributed by atoms with van der Waals surface area (Å²) in [7, 11) is 1.96. The number of allylic oxidation sites excluding steroid dienone is 2. The van der Waals surface area contributed by atoms with Crippen LogP contribution in [0.15, 0.2) is 53.5 Å². The summed E-state index contributed by atoms with van der Waals surface area (Å²) in [4.78, 5) is 14.7. The van der Waals surface area contributed by atoms with Gasteiger partial charge in [-0.3, -0.25) is 14.4 Å². The number of fused-ring (bicyclic) bond motifs is 1. The molecule has 0 bridgehead atoms. The number of halogens is 2. The van der Waals surface area contributed by atoms with E-state index in [4.69, 9.17) is 4.74 Å². The van der Waals surface area contributed by atoms with E-state index in [0.29, 0.717) is 25.0 Å². The highest BCUT2D eigenvalue weighted by Gasteiger charge is 2.20. The third-order valence-corrected chi connectivity index (χ3v) is 4.59. The lowest BCUT2D eigenvalue weighted by molar-refractivity contribution is 0.0933. The van der Waals surface area contributed by atoms with Crippen molar-refractivity contribution in [2.24, 2.45) is 0 Å². The quantitative estimate of drug-likeness (QED) is 0.451. The van der Waals surface area contributed by atoms with Crippen molar-refractivity contribution < 1.29 is 13.5 Å². The standard InChI is InChI=1S/C21H30F2N4O2/c1-4-9-29-10-8-26-15-20-11-21(28)19(14-27(20)25(3)16-26)13-24-12-18(17(2)23)6-5-7-22/h5-7,11,14,24H,2,4,8-10,12-13,15-16H2,1,3H3/b7-5+,18-6-. The third kappa shape index (κ3) is 6.92. The van der Waals surface area contributed by atoms with E-state index in [1.165, 1.54) is 6.08 Å². The van der Waals surface area contributed by atoms with E-state index in [-0.39, 0.29) is 24.1 Å². The molecule has 0 atom stereocenters. The van der Waals surface area contributed by atoms with Gasteiger partial charge >= 0.3 is 0 Å². The van der Waals surface area contributed by atoms with Gasteiger partial charge in [0.05, 0.1) is 25.3 Å². The van der Waals surface area contributed by atoms with Gasteiger partial charge in [0.25, 0.3) is 0 Å². The predicted octanol–water partition coefficient (Wildman–Crippen LogP) is 2.60. The maximum Gasteiger partial charge on any atom is 0.186 e. The Bertz CT molecular complexity index is 804. The Morgan fingerprint density at radius 1 is 1.41 bits per heavy atom. The molecule has 6 nitrogen and oxygen atoms in total. The van der Waals surface area contributed by atoms with Gasteiger partial charge in [-0.2, -0.15) is 0 Å². The minimum atomic E-state index is -0.638. The Labute approximate surface area is 170 Å². The largest absolute Gasteiger partial charge is 0.380 e. The summed E-state index contributed by atoms with van der Waals surface area (Å²) < 4.78 is 33.0. The van der Waals surface area contributed by atoms with Gasteiger partial charge in [-0.05, 0) is 12.5 Å². The van der Waals surface area contributed by atoms with Crippen molar-refractivity contribution in [1.82, 2.24) is 14.9 Å². The fourth-order valence-corrected chi connectivity index (χ4v) is 3.13. The lowest BCUT2D eigenvalue weighted by Gasteiger charge is -2.38. The second-order valence-electron chi connectivity index (χ2n) is 6.98. The summed E-state index contributed by atoms with van der Waals surface area (Å²) in [5.74, 6) is -0.638. The first-order valence-corrected chi connectivity index (χ1v) is 9.73. The first kappa shape index (κ1) is 23.0. The molecular formula is C21H30F2N4O2. The lowest BCUT2D eigenvalue weighted by atomic mass is 10.2. The highest BCUT2D eigenvalue weighted by atomic mass is 19.1. The molecule has 0 aliphatic carbocycles. The van der Waals surface area contributed by atoms with Gasteiger partial charge in [0, 0.05) is 63.2 Å². The first-order valence-electron chi connectivity index (χ1n) is 9.73. The Balaban J connectivity index is 2.00. The average molecular weight is 408 g/mol. The van der Waals surface area contributed by atoms with Crippen molar-refractivity contribution in [2.45, 2.75) is 26.4 Å². The maximum absolute atomic E-state index is 13.4. The SMILES string of the molecule is C=C(F)/C(=C\C=C\F)CNCc1cn2c(cc1=O)CN(CCOCCC)CN2C. The van der Waals surface area contributed by atoms with Crippen LogP contribution in [0, 0.1) is 0 Å². The Hall–Kier alpha value is -2.29. The zero-order valence-corrected chi connectivity index (χ0v) is 17.2. The number of hydrogen-bond donors (Lipinski definition) is 1. The van der Waals surface area contributed by atoms with Gasteiger partial charge in [0.2, 0.25) is 0 Å². The fourth-order valence-electron chi connectivity index (χ4n) is 3.13. The van der Waals surface area contributed by atoms with E-state index in [9.17, 15) is 13.6 Å². The van der Waals surface area contributed by atoms with Crippen LogP contribution in [0.4, 0.5) is 8.78 Å². The molecule has 0 unspecified atom stereocenters. The van der Waals surface area contributed by atoms with Gasteiger partial charge in [0.15, 0.2) is 5.43 Å². The normalized spacial score (nSPS) is 15.2. The molecule has 29 heavy (non-hydrogen) atoms. The highest BCUT2D eigenvalue weighted by molar-refractivity contribution is 5.28. The van der Waals surface area contributed by atoms with Gasteiger partial charge in [-0.25, -0.2) is 8.78 Å². The second kappa shape index (κ2) is 11.6. The molecular weight excluding hydrogens is 378 g/mol. The molecule has 0 radical (unpaired) electrons. The van der Waals surface area contributed by atoms with E-state index in [1.807, 2.05) is 22.9 Å². The van der Waals surface area contributed by atoms with Gasteiger partial charge < -0.3 is 15.1 Å². The van der Waals surface area contributed by atoms with Gasteiger partial charge in [-0.15, -0.1) is 0 Å². The third-order valence-electron chi connectivity index (χ3n) is 4.59. The molecule has 1 aliphatic rings. The van der Waals surface area contributed by atoms with Crippen molar-refractivity contribution in [2.75, 3.05) is 45.0 Å². The van der Waals surface area contributed by atoms with Crippen molar-refractivity contribution in [3.05, 3.63) is 70.2 Å². The zero-order chi connectivity index (χ0) is 21.2. The molecule has 2 heterocycles. The Morgan fingerprint density at radius 3 is 2.90 bits per heavy atom. The molecule has 160 valence electrons. The smallest absolute Gasteiger partial charge is 0.186 e. The van der Waals surface area contributed by atoms with Crippen LogP contribution in [-0.4, -0.2) is 49.6 Å². The van der Waals surface area contributed by atoms with Crippen LogP contribution >= 0.6 is 0 Å². The van der Waals surface area contributed by atoms with Crippen LogP contribution < -0.4 is 15.8 Å². The molecule has 0 saturated heterocycles. The van der Waals surface area contributed by atoms with Gasteiger partial charge in [-0.1, -0.05) is 19.6 Å². The first-order chi connectivity index (χ1) is 14.0. The highest BCUT2D eigenvalue weighted by Crippen LogP contribution is 2.12. The Kier molecular flexibility index (Phi) is 9.24. The van der Waals surface area contributed by atoms with E-state index in [2.05, 4.69) is 23.7 Å². The van der Waals surface area contributed by atoms with Crippen molar-refractivity contribution in [3.8, 4) is 0 Å². The molecule has 0 saturated carbocycles. The molecule has 2 rings (SSSR count). The molecule has 0 amide bonds. The van der Waals surface area contributed by atoms with Crippen LogP contribution in [0.5, 0.6) is 0 Å². The second-order valence-corrected chi connectivity index (χ2v) is 6.98. The lowest BCUT2D eigenvalue weighted by Crippen LogP contribution is -2.49. The molecule has 8 heteroatoms. The van der Waals surface area contributed by atoms with Crippen LogP contribution in [0.3, 0.4) is 0 Å². The minimum absolute atomic E-state index is 0.0745. The predicted molar refractivity (Wildman–Crippen MR) is 112 cm³/mol. The fraction of sp³-hybridized carbons (Fsp3) is 0.476. The van der Waals surface area contributed by atoms with Crippen LogP contribution in [-0.2, 0) is 17.8 Å². The number of aromatic nitrogens is 1. The molecule has 0 fully saturated rings. The number of pyridine rings is 1. The molecule has 1 aliphatic heterocycles. The van der Waals surface area contributed by atoms with Gasteiger partial charge in [0.1, 0.15) is 5.83 Å². The zero-order valence-electron chi connectivity index (χ0n) is 17.2. The Morgan fingerprint density at radius 2 is 2.21 bits per heavy atom. The summed E-state index contributed by atoms with van der Waals surface area (Å²) in [6.45, 7) is 9.36. The van der Waals surface area contributed by atoms with Crippen molar-refractivity contribution in [3.63, 3.8) is 0 Å². The number of hydrogen-bond acceptors (Lipinski definition) is 5. The summed E-state index contributed by atoms with van der Waals surface area (Å²) >= 11 is 0. The summed E-state index contributed by atoms with van der Waals surface area (Å²) in [6.07, 6.45) is 5.54. The van der Waals surface area contributed by atoms with E-state index in [1.54, 1.807) is 6.07 Å². The molecule has 1 aromatic rings. The maximum atomic E-state index is 13.4. The van der Waals surface area contributed by atoms with Crippen LogP contribution in [0.1, 0.15) is 24.6 Å². The topological polar surface area (TPSA) is 49.7 Å². The number of ether oxygens (including phenoxy) is 1. The molecule has 0 aromatic carbocycles. The van der Waals surface area contributed by atoms with Crippen molar-refractivity contribution in [1.29, 1.82) is 0 Å². The number of nitrogens with zero attached hydrogens (tertiary/aromatic N) is 3. The average Bonchev–Trinajstić information content (AvgIpc) is 2.68. The molecule has 1 N–H and O–H groups in total. The molecule has 0 spiro atoms. The van der Waals surface area contributed by atoms with E-state index >= 15 is 0 Å². The number of rotatable bonds is 11. The van der Waals surface area contributed by atoms with E-state index in [0.717, 1.165) is 38.0 Å². The summed E-state index contributed by atoms with van der Waals surface area (Å²) in [5, 5.41) is 5.05. The van der Waals surface area contributed by atoms with E-state index < -0.39 is 5.83 Å².